The Balaban J connectivity index is 2.14. The van der Waals surface area contributed by atoms with Crippen LogP contribution in [-0.4, -0.2) is 0 Å². The molecule has 0 saturated heterocycles. The van der Waals surface area contributed by atoms with Gasteiger partial charge in [0.2, 0.25) is 0 Å². The van der Waals surface area contributed by atoms with E-state index >= 15 is 0 Å². The summed E-state index contributed by atoms with van der Waals surface area (Å²) >= 11 is 5.99. The van der Waals surface area contributed by atoms with Crippen LogP contribution in [0.4, 0.5) is 0 Å². The van der Waals surface area contributed by atoms with E-state index in [4.69, 9.17) is 20.4 Å². The third-order valence-electron chi connectivity index (χ3n) is 4.61. The van der Waals surface area contributed by atoms with Crippen LogP contribution in [0.25, 0.3) is 33.1 Å². The summed E-state index contributed by atoms with van der Waals surface area (Å²) in [6.07, 6.45) is 1.75. The van der Waals surface area contributed by atoms with Crippen molar-refractivity contribution in [3.05, 3.63) is 68.7 Å². The molecule has 0 aliphatic rings. The number of fused-ring (bicyclic) bond motifs is 3. The van der Waals surface area contributed by atoms with E-state index in [1.807, 2.05) is 44.2 Å². The minimum absolute atomic E-state index is 0.303. The number of benzene rings is 2. The number of aryl methyl sites for hydroxylation is 2. The first-order chi connectivity index (χ1) is 11.5. The summed E-state index contributed by atoms with van der Waals surface area (Å²) in [4.78, 5) is 12.0. The molecule has 0 bridgehead atoms. The topological polar surface area (TPSA) is 43.4 Å². The molecule has 0 atom stereocenters. The minimum Gasteiger partial charge on any atom is -0.463 e. The lowest BCUT2D eigenvalue weighted by Gasteiger charge is -2.07. The standard InChI is InChI=1S/C20H15ClO3/c1-10-8-16-18(11(2)12(3)20(22)24-16)19-17(10)15(9-23-19)13-4-6-14(21)7-5-13/h4-9H,1-3H3. The zero-order valence-electron chi connectivity index (χ0n) is 13.6. The van der Waals surface area contributed by atoms with Crippen LogP contribution in [0.15, 0.2) is 50.2 Å². The van der Waals surface area contributed by atoms with E-state index < -0.39 is 0 Å². The molecule has 0 radical (unpaired) electrons. The van der Waals surface area contributed by atoms with E-state index in [-0.39, 0.29) is 5.63 Å². The highest BCUT2D eigenvalue weighted by atomic mass is 35.5. The van der Waals surface area contributed by atoms with E-state index in [2.05, 4.69) is 0 Å². The number of halogens is 1. The lowest BCUT2D eigenvalue weighted by atomic mass is 9.97. The van der Waals surface area contributed by atoms with Gasteiger partial charge in [0.1, 0.15) is 11.2 Å². The van der Waals surface area contributed by atoms with Crippen LogP contribution >= 0.6 is 11.6 Å². The second-order valence-electron chi connectivity index (χ2n) is 6.07. The number of rotatable bonds is 1. The van der Waals surface area contributed by atoms with Crippen molar-refractivity contribution in [3.8, 4) is 11.1 Å². The lowest BCUT2D eigenvalue weighted by Crippen LogP contribution is -2.05. The average molecular weight is 339 g/mol. The third kappa shape index (κ3) is 2.09. The van der Waals surface area contributed by atoms with Gasteiger partial charge in [0.05, 0.1) is 11.6 Å². The average Bonchev–Trinajstić information content (AvgIpc) is 2.99. The number of furan rings is 1. The molecule has 0 amide bonds. The van der Waals surface area contributed by atoms with Crippen molar-refractivity contribution in [2.75, 3.05) is 0 Å². The van der Waals surface area contributed by atoms with Crippen molar-refractivity contribution in [1.29, 1.82) is 0 Å². The van der Waals surface area contributed by atoms with Crippen molar-refractivity contribution in [1.82, 2.24) is 0 Å². The third-order valence-corrected chi connectivity index (χ3v) is 4.86. The van der Waals surface area contributed by atoms with Gasteiger partial charge in [-0.15, -0.1) is 0 Å². The maximum atomic E-state index is 12.0. The summed E-state index contributed by atoms with van der Waals surface area (Å²) < 4.78 is 11.4. The molecule has 0 spiro atoms. The van der Waals surface area contributed by atoms with Crippen LogP contribution in [0.1, 0.15) is 16.7 Å². The van der Waals surface area contributed by atoms with Gasteiger partial charge in [-0.05, 0) is 55.7 Å². The van der Waals surface area contributed by atoms with Crippen LogP contribution in [0.2, 0.25) is 5.02 Å². The zero-order valence-corrected chi connectivity index (χ0v) is 14.3. The molecular formula is C20H15ClO3. The van der Waals surface area contributed by atoms with Gasteiger partial charge in [-0.25, -0.2) is 4.79 Å². The lowest BCUT2D eigenvalue weighted by molar-refractivity contribution is 0.552. The molecule has 4 rings (SSSR count). The van der Waals surface area contributed by atoms with Crippen LogP contribution in [0.3, 0.4) is 0 Å². The molecule has 0 N–H and O–H groups in total. The molecule has 0 saturated carbocycles. The number of hydrogen-bond acceptors (Lipinski definition) is 3. The maximum absolute atomic E-state index is 12.0. The Bertz CT molecular complexity index is 1150. The predicted molar refractivity (Wildman–Crippen MR) is 96.9 cm³/mol. The Morgan fingerprint density at radius 3 is 2.38 bits per heavy atom. The first-order valence-electron chi connectivity index (χ1n) is 7.68. The van der Waals surface area contributed by atoms with Crippen molar-refractivity contribution in [2.45, 2.75) is 20.8 Å². The van der Waals surface area contributed by atoms with Crippen LogP contribution in [0, 0.1) is 20.8 Å². The smallest absolute Gasteiger partial charge is 0.339 e. The molecule has 0 fully saturated rings. The molecule has 0 aliphatic carbocycles. The predicted octanol–water partition coefficient (Wildman–Crippen LogP) is 5.78. The minimum atomic E-state index is -0.303. The van der Waals surface area contributed by atoms with E-state index in [0.29, 0.717) is 16.2 Å². The monoisotopic (exact) mass is 338 g/mol. The van der Waals surface area contributed by atoms with Gasteiger partial charge in [-0.2, -0.15) is 0 Å². The fraction of sp³-hybridized carbons (Fsp3) is 0.150. The van der Waals surface area contributed by atoms with Crippen LogP contribution in [-0.2, 0) is 0 Å². The van der Waals surface area contributed by atoms with Crippen molar-refractivity contribution in [2.24, 2.45) is 0 Å². The molecule has 0 unspecified atom stereocenters. The fourth-order valence-electron chi connectivity index (χ4n) is 3.18. The SMILES string of the molecule is Cc1c(C)c2c(cc(C)c3c(-c4ccc(Cl)cc4)coc32)oc1=O. The summed E-state index contributed by atoms with van der Waals surface area (Å²) in [7, 11) is 0. The largest absolute Gasteiger partial charge is 0.463 e. The molecule has 3 nitrogen and oxygen atoms in total. The molecule has 2 aromatic heterocycles. The zero-order chi connectivity index (χ0) is 17.0. The summed E-state index contributed by atoms with van der Waals surface area (Å²) in [6.45, 7) is 5.69. The molecule has 4 heteroatoms. The second-order valence-corrected chi connectivity index (χ2v) is 6.50. The Morgan fingerprint density at radius 1 is 0.958 bits per heavy atom. The Kier molecular flexibility index (Phi) is 3.29. The quantitative estimate of drug-likeness (QED) is 0.413. The Morgan fingerprint density at radius 2 is 1.67 bits per heavy atom. The second kappa shape index (κ2) is 5.25. The summed E-state index contributed by atoms with van der Waals surface area (Å²) in [5.41, 5.74) is 5.55. The van der Waals surface area contributed by atoms with Gasteiger partial charge in [0, 0.05) is 21.5 Å². The van der Waals surface area contributed by atoms with Crippen molar-refractivity contribution >= 4 is 33.5 Å². The maximum Gasteiger partial charge on any atom is 0.339 e. The van der Waals surface area contributed by atoms with Crippen molar-refractivity contribution in [3.63, 3.8) is 0 Å². The molecule has 24 heavy (non-hydrogen) atoms. The molecular weight excluding hydrogens is 324 g/mol. The highest BCUT2D eigenvalue weighted by Gasteiger charge is 2.18. The van der Waals surface area contributed by atoms with E-state index in [1.165, 1.54) is 0 Å². The highest BCUT2D eigenvalue weighted by Crippen LogP contribution is 2.38. The van der Waals surface area contributed by atoms with Gasteiger partial charge in [0.25, 0.3) is 0 Å². The molecule has 2 aromatic carbocycles. The van der Waals surface area contributed by atoms with E-state index in [9.17, 15) is 4.79 Å². The van der Waals surface area contributed by atoms with Gasteiger partial charge < -0.3 is 8.83 Å². The summed E-state index contributed by atoms with van der Waals surface area (Å²) in [5, 5.41) is 2.58. The van der Waals surface area contributed by atoms with Gasteiger partial charge in [0.15, 0.2) is 0 Å². The van der Waals surface area contributed by atoms with Crippen LogP contribution in [0.5, 0.6) is 0 Å². The normalized spacial score (nSPS) is 11.5. The van der Waals surface area contributed by atoms with Gasteiger partial charge in [-0.3, -0.25) is 0 Å². The van der Waals surface area contributed by atoms with E-state index in [0.717, 1.165) is 38.6 Å². The number of hydrogen-bond donors (Lipinski definition) is 0. The Labute approximate surface area is 143 Å². The summed E-state index contributed by atoms with van der Waals surface area (Å²) in [5.74, 6) is 0. The first kappa shape index (κ1) is 15.0. The van der Waals surface area contributed by atoms with Gasteiger partial charge >= 0.3 is 5.63 Å². The molecule has 2 heterocycles. The van der Waals surface area contributed by atoms with E-state index in [1.54, 1.807) is 13.2 Å². The first-order valence-corrected chi connectivity index (χ1v) is 8.06. The molecule has 4 aromatic rings. The van der Waals surface area contributed by atoms with Crippen molar-refractivity contribution < 1.29 is 8.83 Å². The molecule has 0 aliphatic heterocycles. The van der Waals surface area contributed by atoms with Crippen LogP contribution < -0.4 is 5.63 Å². The van der Waals surface area contributed by atoms with Gasteiger partial charge in [-0.1, -0.05) is 23.7 Å². The highest BCUT2D eigenvalue weighted by molar-refractivity contribution is 6.30. The summed E-state index contributed by atoms with van der Waals surface area (Å²) in [6, 6.07) is 9.57. The Hall–Kier alpha value is -2.52. The fourth-order valence-corrected chi connectivity index (χ4v) is 3.31. The molecule has 120 valence electrons.